The number of aromatic nitrogens is 2. The molecule has 0 aromatic carbocycles. The minimum atomic E-state index is -0.321. The van der Waals surface area contributed by atoms with Crippen LogP contribution in [0.15, 0.2) is 6.07 Å². The Bertz CT molecular complexity index is 428. The summed E-state index contributed by atoms with van der Waals surface area (Å²) in [5, 5.41) is 7.11. The molecular weight excluding hydrogens is 214 g/mol. The number of terminal acetylenes is 1. The van der Waals surface area contributed by atoms with Gasteiger partial charge in [0.15, 0.2) is 0 Å². The van der Waals surface area contributed by atoms with E-state index >= 15 is 0 Å². The number of nitrogens with one attached hydrogen (secondary N) is 1. The minimum Gasteiger partial charge on any atom is -0.343 e. The number of carbonyl (C=O) groups excluding carboxylic acids is 1. The fraction of sp³-hybridized carbons (Fsp3) is 0.538. The van der Waals surface area contributed by atoms with Crippen molar-refractivity contribution < 1.29 is 4.79 Å². The monoisotopic (exact) mass is 233 g/mol. The molecule has 0 saturated carbocycles. The van der Waals surface area contributed by atoms with Gasteiger partial charge in [0.1, 0.15) is 6.04 Å². The molecule has 17 heavy (non-hydrogen) atoms. The molecule has 0 spiro atoms. The van der Waals surface area contributed by atoms with E-state index in [1.807, 2.05) is 13.0 Å². The molecule has 0 fully saturated rings. The SMILES string of the molecule is C#CCNC(=O)C(C)n1nc(CC)cc1CC. The van der Waals surface area contributed by atoms with E-state index in [0.29, 0.717) is 0 Å². The zero-order valence-electron chi connectivity index (χ0n) is 10.7. The van der Waals surface area contributed by atoms with E-state index in [-0.39, 0.29) is 18.5 Å². The molecule has 0 aliphatic carbocycles. The second-order valence-electron chi connectivity index (χ2n) is 3.88. The zero-order valence-corrected chi connectivity index (χ0v) is 10.7. The summed E-state index contributed by atoms with van der Waals surface area (Å²) < 4.78 is 1.78. The summed E-state index contributed by atoms with van der Waals surface area (Å²) in [5.74, 6) is 2.29. The summed E-state index contributed by atoms with van der Waals surface area (Å²) in [6.07, 6.45) is 6.84. The van der Waals surface area contributed by atoms with Crippen molar-refractivity contribution in [2.45, 2.75) is 39.7 Å². The normalized spacial score (nSPS) is 11.9. The van der Waals surface area contributed by atoms with E-state index in [9.17, 15) is 4.79 Å². The van der Waals surface area contributed by atoms with Gasteiger partial charge in [0.05, 0.1) is 12.2 Å². The molecule has 0 aliphatic rings. The number of nitrogens with zero attached hydrogens (tertiary/aromatic N) is 2. The van der Waals surface area contributed by atoms with Gasteiger partial charge in [-0.1, -0.05) is 19.8 Å². The van der Waals surface area contributed by atoms with E-state index in [0.717, 1.165) is 24.2 Å². The Morgan fingerprint density at radius 2 is 2.29 bits per heavy atom. The average Bonchev–Trinajstić information content (AvgIpc) is 2.78. The van der Waals surface area contributed by atoms with E-state index < -0.39 is 0 Å². The Morgan fingerprint density at radius 3 is 2.82 bits per heavy atom. The highest BCUT2D eigenvalue weighted by Gasteiger charge is 2.18. The van der Waals surface area contributed by atoms with E-state index in [1.54, 1.807) is 4.68 Å². The highest BCUT2D eigenvalue weighted by Crippen LogP contribution is 2.13. The molecule has 1 amide bonds. The predicted molar refractivity (Wildman–Crippen MR) is 67.5 cm³/mol. The van der Waals surface area contributed by atoms with Crippen LogP contribution in [0.2, 0.25) is 0 Å². The molecule has 1 unspecified atom stereocenters. The van der Waals surface area contributed by atoms with E-state index in [4.69, 9.17) is 6.42 Å². The summed E-state index contributed by atoms with van der Waals surface area (Å²) in [5.41, 5.74) is 2.09. The van der Waals surface area contributed by atoms with Crippen LogP contribution in [0.3, 0.4) is 0 Å². The van der Waals surface area contributed by atoms with Gasteiger partial charge in [0.25, 0.3) is 0 Å². The number of hydrogen-bond acceptors (Lipinski definition) is 2. The molecule has 0 saturated heterocycles. The Balaban J connectivity index is 2.87. The first-order valence-corrected chi connectivity index (χ1v) is 5.92. The second-order valence-corrected chi connectivity index (χ2v) is 3.88. The van der Waals surface area contributed by atoms with Gasteiger partial charge in [0, 0.05) is 5.69 Å². The van der Waals surface area contributed by atoms with Crippen molar-refractivity contribution in [2.24, 2.45) is 0 Å². The van der Waals surface area contributed by atoms with Crippen LogP contribution >= 0.6 is 0 Å². The van der Waals surface area contributed by atoms with Gasteiger partial charge in [-0.3, -0.25) is 9.48 Å². The number of carbonyl (C=O) groups is 1. The van der Waals surface area contributed by atoms with Crippen LogP contribution in [0.5, 0.6) is 0 Å². The Kier molecular flexibility index (Phi) is 4.77. The van der Waals surface area contributed by atoms with Crippen LogP contribution in [0, 0.1) is 12.3 Å². The first-order chi connectivity index (χ1) is 8.13. The number of aryl methyl sites for hydroxylation is 2. The maximum Gasteiger partial charge on any atom is 0.245 e. The molecule has 1 heterocycles. The summed E-state index contributed by atoms with van der Waals surface area (Å²) >= 11 is 0. The third-order valence-corrected chi connectivity index (χ3v) is 2.70. The summed E-state index contributed by atoms with van der Waals surface area (Å²) in [7, 11) is 0. The van der Waals surface area contributed by atoms with Crippen molar-refractivity contribution in [1.82, 2.24) is 15.1 Å². The van der Waals surface area contributed by atoms with Crippen LogP contribution in [-0.4, -0.2) is 22.2 Å². The van der Waals surface area contributed by atoms with Crippen molar-refractivity contribution in [3.05, 3.63) is 17.5 Å². The molecule has 0 aliphatic heterocycles. The van der Waals surface area contributed by atoms with Gasteiger partial charge < -0.3 is 5.32 Å². The van der Waals surface area contributed by atoms with Crippen LogP contribution < -0.4 is 5.32 Å². The molecule has 1 rings (SSSR count). The molecule has 1 aromatic heterocycles. The van der Waals surface area contributed by atoms with Crippen molar-refractivity contribution >= 4 is 5.91 Å². The zero-order chi connectivity index (χ0) is 12.8. The summed E-state index contributed by atoms with van der Waals surface area (Å²) in [4.78, 5) is 11.8. The largest absolute Gasteiger partial charge is 0.343 e. The molecule has 0 radical (unpaired) electrons. The fourth-order valence-corrected chi connectivity index (χ4v) is 1.66. The highest BCUT2D eigenvalue weighted by atomic mass is 16.2. The first kappa shape index (κ1) is 13.3. The molecule has 1 N–H and O–H groups in total. The average molecular weight is 233 g/mol. The quantitative estimate of drug-likeness (QED) is 0.780. The van der Waals surface area contributed by atoms with Gasteiger partial charge in [-0.15, -0.1) is 6.42 Å². The molecular formula is C13H19N3O. The van der Waals surface area contributed by atoms with Crippen LogP contribution in [0.25, 0.3) is 0 Å². The van der Waals surface area contributed by atoms with E-state index in [2.05, 4.69) is 30.2 Å². The fourth-order valence-electron chi connectivity index (χ4n) is 1.66. The first-order valence-electron chi connectivity index (χ1n) is 5.92. The third-order valence-electron chi connectivity index (χ3n) is 2.70. The third kappa shape index (κ3) is 3.10. The number of hydrogen-bond donors (Lipinski definition) is 1. The minimum absolute atomic E-state index is 0.0941. The molecule has 0 bridgehead atoms. The topological polar surface area (TPSA) is 46.9 Å². The molecule has 92 valence electrons. The lowest BCUT2D eigenvalue weighted by molar-refractivity contribution is -0.123. The Morgan fingerprint density at radius 1 is 1.59 bits per heavy atom. The lowest BCUT2D eigenvalue weighted by atomic mass is 10.2. The molecule has 4 heteroatoms. The van der Waals surface area contributed by atoms with E-state index in [1.165, 1.54) is 0 Å². The lowest BCUT2D eigenvalue weighted by Crippen LogP contribution is -2.32. The molecule has 4 nitrogen and oxygen atoms in total. The summed E-state index contributed by atoms with van der Waals surface area (Å²) in [6.45, 7) is 6.19. The Labute approximate surface area is 102 Å². The second kappa shape index (κ2) is 6.09. The van der Waals surface area contributed by atoms with Gasteiger partial charge >= 0.3 is 0 Å². The van der Waals surface area contributed by atoms with Gasteiger partial charge in [-0.05, 0) is 25.8 Å². The van der Waals surface area contributed by atoms with Crippen molar-refractivity contribution in [3.63, 3.8) is 0 Å². The van der Waals surface area contributed by atoms with Crippen molar-refractivity contribution in [1.29, 1.82) is 0 Å². The Hall–Kier alpha value is -1.76. The number of rotatable bonds is 5. The standard InChI is InChI=1S/C13H19N3O/c1-5-8-14-13(17)10(4)16-12(7-3)9-11(6-2)15-16/h1,9-10H,6-8H2,2-4H3,(H,14,17). The maximum atomic E-state index is 11.8. The smallest absolute Gasteiger partial charge is 0.245 e. The highest BCUT2D eigenvalue weighted by molar-refractivity contribution is 5.80. The van der Waals surface area contributed by atoms with Crippen molar-refractivity contribution in [3.8, 4) is 12.3 Å². The number of amides is 1. The van der Waals surface area contributed by atoms with Crippen LogP contribution in [0.4, 0.5) is 0 Å². The maximum absolute atomic E-state index is 11.8. The predicted octanol–water partition coefficient (Wildman–Crippen LogP) is 1.32. The lowest BCUT2D eigenvalue weighted by Gasteiger charge is -2.14. The molecule has 1 atom stereocenters. The van der Waals surface area contributed by atoms with Crippen molar-refractivity contribution in [2.75, 3.05) is 6.54 Å². The van der Waals surface area contributed by atoms with Gasteiger partial charge in [0.2, 0.25) is 5.91 Å². The van der Waals surface area contributed by atoms with Crippen LogP contribution in [0.1, 0.15) is 38.2 Å². The van der Waals surface area contributed by atoms with Crippen LogP contribution in [-0.2, 0) is 17.6 Å². The van der Waals surface area contributed by atoms with Gasteiger partial charge in [-0.25, -0.2) is 0 Å². The van der Waals surface area contributed by atoms with Gasteiger partial charge in [-0.2, -0.15) is 5.10 Å². The molecule has 1 aromatic rings. The summed E-state index contributed by atoms with van der Waals surface area (Å²) in [6, 6.07) is 1.73.